The fourth-order valence-electron chi connectivity index (χ4n) is 1.41. The highest BCUT2D eigenvalue weighted by Crippen LogP contribution is 2.29. The van der Waals surface area contributed by atoms with E-state index in [4.69, 9.17) is 0 Å². The smallest absolute Gasteiger partial charge is 0.315 e. The van der Waals surface area contributed by atoms with Gasteiger partial charge < -0.3 is 5.32 Å². The minimum Gasteiger partial charge on any atom is -0.315 e. The SMILES string of the molecule is CCC(CC)(CNCCC(F)(F)F)SC. The number of thioether (sulfide) groups is 1. The van der Waals surface area contributed by atoms with Gasteiger partial charge in [0, 0.05) is 17.8 Å². The molecule has 5 heteroatoms. The highest BCUT2D eigenvalue weighted by molar-refractivity contribution is 8.00. The van der Waals surface area contributed by atoms with Crippen LogP contribution in [0.2, 0.25) is 0 Å². The first kappa shape index (κ1) is 15.1. The predicted octanol–water partition coefficient (Wildman–Crippen LogP) is 3.45. The molecule has 0 atom stereocenters. The Kier molecular flexibility index (Phi) is 6.68. The molecule has 0 rings (SSSR count). The molecule has 0 aromatic heterocycles. The Morgan fingerprint density at radius 1 is 1.13 bits per heavy atom. The number of halogens is 3. The van der Waals surface area contributed by atoms with Crippen molar-refractivity contribution in [3.8, 4) is 0 Å². The van der Waals surface area contributed by atoms with Gasteiger partial charge in [0.05, 0.1) is 6.42 Å². The van der Waals surface area contributed by atoms with Crippen LogP contribution in [0.4, 0.5) is 13.2 Å². The quantitative estimate of drug-likeness (QED) is 0.687. The summed E-state index contributed by atoms with van der Waals surface area (Å²) in [5.74, 6) is 0. The summed E-state index contributed by atoms with van der Waals surface area (Å²) < 4.78 is 35.7. The summed E-state index contributed by atoms with van der Waals surface area (Å²) in [7, 11) is 0. The molecule has 0 aliphatic heterocycles. The van der Waals surface area contributed by atoms with Gasteiger partial charge in [-0.05, 0) is 19.1 Å². The van der Waals surface area contributed by atoms with Gasteiger partial charge in [0.2, 0.25) is 0 Å². The number of rotatable bonds is 7. The fourth-order valence-corrected chi connectivity index (χ4v) is 2.23. The first-order valence-corrected chi connectivity index (χ1v) is 6.44. The number of alkyl halides is 3. The van der Waals surface area contributed by atoms with Crippen LogP contribution >= 0.6 is 11.8 Å². The van der Waals surface area contributed by atoms with Crippen molar-refractivity contribution < 1.29 is 13.2 Å². The minimum absolute atomic E-state index is 0.0197. The Morgan fingerprint density at radius 2 is 1.67 bits per heavy atom. The zero-order valence-electron chi connectivity index (χ0n) is 9.58. The first-order valence-electron chi connectivity index (χ1n) is 5.21. The third-order valence-electron chi connectivity index (χ3n) is 2.75. The standard InChI is InChI=1S/C10H20F3NS/c1-4-9(5-2,15-3)8-14-7-6-10(11,12)13/h14H,4-8H2,1-3H3. The van der Waals surface area contributed by atoms with E-state index in [0.717, 1.165) is 12.8 Å². The van der Waals surface area contributed by atoms with Crippen LogP contribution < -0.4 is 5.32 Å². The van der Waals surface area contributed by atoms with Crippen LogP contribution in [0.25, 0.3) is 0 Å². The molecule has 0 spiro atoms. The van der Waals surface area contributed by atoms with E-state index in [1.165, 1.54) is 0 Å². The average Bonchev–Trinajstić information content (AvgIpc) is 2.18. The van der Waals surface area contributed by atoms with E-state index in [2.05, 4.69) is 19.2 Å². The van der Waals surface area contributed by atoms with Gasteiger partial charge >= 0.3 is 6.18 Å². The molecule has 0 saturated heterocycles. The van der Waals surface area contributed by atoms with E-state index in [1.54, 1.807) is 11.8 Å². The summed E-state index contributed by atoms with van der Waals surface area (Å²) in [6.07, 6.45) is -0.829. The predicted molar refractivity (Wildman–Crippen MR) is 60.4 cm³/mol. The molecule has 0 aromatic carbocycles. The van der Waals surface area contributed by atoms with E-state index in [-0.39, 0.29) is 11.3 Å². The lowest BCUT2D eigenvalue weighted by Gasteiger charge is -2.30. The molecule has 0 fully saturated rings. The maximum atomic E-state index is 11.9. The van der Waals surface area contributed by atoms with Gasteiger partial charge in [0.15, 0.2) is 0 Å². The van der Waals surface area contributed by atoms with E-state index in [9.17, 15) is 13.2 Å². The van der Waals surface area contributed by atoms with E-state index < -0.39 is 12.6 Å². The molecule has 15 heavy (non-hydrogen) atoms. The molecule has 0 bridgehead atoms. The highest BCUT2D eigenvalue weighted by Gasteiger charge is 2.28. The van der Waals surface area contributed by atoms with Gasteiger partial charge in [-0.2, -0.15) is 24.9 Å². The van der Waals surface area contributed by atoms with Crippen molar-refractivity contribution in [2.24, 2.45) is 0 Å². The van der Waals surface area contributed by atoms with Gasteiger partial charge in [-0.1, -0.05) is 13.8 Å². The third-order valence-corrected chi connectivity index (χ3v) is 4.34. The average molecular weight is 243 g/mol. The highest BCUT2D eigenvalue weighted by atomic mass is 32.2. The van der Waals surface area contributed by atoms with Crippen LogP contribution in [0.1, 0.15) is 33.1 Å². The number of hydrogen-bond acceptors (Lipinski definition) is 2. The van der Waals surface area contributed by atoms with E-state index in [0.29, 0.717) is 6.54 Å². The van der Waals surface area contributed by atoms with Gasteiger partial charge in [-0.3, -0.25) is 0 Å². The van der Waals surface area contributed by atoms with Gasteiger partial charge in [-0.25, -0.2) is 0 Å². The van der Waals surface area contributed by atoms with Crippen molar-refractivity contribution in [3.05, 3.63) is 0 Å². The molecule has 1 nitrogen and oxygen atoms in total. The van der Waals surface area contributed by atoms with E-state index >= 15 is 0 Å². The summed E-state index contributed by atoms with van der Waals surface area (Å²) in [5.41, 5.74) is 0. The summed E-state index contributed by atoms with van der Waals surface area (Å²) in [6, 6.07) is 0. The second-order valence-corrected chi connectivity index (χ2v) is 4.91. The number of nitrogens with one attached hydrogen (secondary N) is 1. The lowest BCUT2D eigenvalue weighted by atomic mass is 10.0. The second-order valence-electron chi connectivity index (χ2n) is 3.64. The Labute approximate surface area is 94.2 Å². The Morgan fingerprint density at radius 3 is 2.00 bits per heavy atom. The molecular formula is C10H20F3NS. The van der Waals surface area contributed by atoms with Crippen LogP contribution in [-0.4, -0.2) is 30.3 Å². The zero-order valence-corrected chi connectivity index (χ0v) is 10.4. The molecule has 0 radical (unpaired) electrons. The van der Waals surface area contributed by atoms with Crippen molar-refractivity contribution in [1.29, 1.82) is 0 Å². The van der Waals surface area contributed by atoms with E-state index in [1.807, 2.05) is 6.26 Å². The van der Waals surface area contributed by atoms with Crippen LogP contribution in [0, 0.1) is 0 Å². The lowest BCUT2D eigenvalue weighted by molar-refractivity contribution is -0.133. The molecular weight excluding hydrogens is 223 g/mol. The molecule has 92 valence electrons. The molecule has 0 amide bonds. The van der Waals surface area contributed by atoms with Crippen LogP contribution in [-0.2, 0) is 0 Å². The lowest BCUT2D eigenvalue weighted by Crippen LogP contribution is -2.37. The van der Waals surface area contributed by atoms with Gasteiger partial charge in [0.25, 0.3) is 0 Å². The molecule has 0 unspecified atom stereocenters. The largest absolute Gasteiger partial charge is 0.390 e. The molecule has 0 aliphatic rings. The van der Waals surface area contributed by atoms with Gasteiger partial charge in [0.1, 0.15) is 0 Å². The van der Waals surface area contributed by atoms with Crippen molar-refractivity contribution in [3.63, 3.8) is 0 Å². The fraction of sp³-hybridized carbons (Fsp3) is 1.00. The van der Waals surface area contributed by atoms with Crippen molar-refractivity contribution in [2.45, 2.75) is 44.0 Å². The molecule has 0 saturated carbocycles. The summed E-state index contributed by atoms with van der Waals surface area (Å²) in [5, 5.41) is 2.89. The maximum absolute atomic E-state index is 11.9. The normalized spacial score (nSPS) is 13.2. The Balaban J connectivity index is 3.82. The molecule has 0 heterocycles. The van der Waals surface area contributed by atoms with Gasteiger partial charge in [-0.15, -0.1) is 0 Å². The number of hydrogen-bond donors (Lipinski definition) is 1. The third kappa shape index (κ3) is 6.30. The summed E-state index contributed by atoms with van der Waals surface area (Å²) in [6.45, 7) is 4.82. The summed E-state index contributed by atoms with van der Waals surface area (Å²) >= 11 is 1.73. The monoisotopic (exact) mass is 243 g/mol. The minimum atomic E-state index is -4.05. The van der Waals surface area contributed by atoms with Crippen molar-refractivity contribution in [2.75, 3.05) is 19.3 Å². The molecule has 1 N–H and O–H groups in total. The summed E-state index contributed by atoms with van der Waals surface area (Å²) in [4.78, 5) is 0. The Hall–Kier alpha value is 0.100. The second kappa shape index (κ2) is 6.63. The zero-order chi connectivity index (χ0) is 11.9. The maximum Gasteiger partial charge on any atom is 0.390 e. The van der Waals surface area contributed by atoms with Crippen molar-refractivity contribution in [1.82, 2.24) is 5.32 Å². The topological polar surface area (TPSA) is 12.0 Å². The van der Waals surface area contributed by atoms with Crippen molar-refractivity contribution >= 4 is 11.8 Å². The van der Waals surface area contributed by atoms with Crippen LogP contribution in [0.3, 0.4) is 0 Å². The van der Waals surface area contributed by atoms with Crippen LogP contribution in [0.15, 0.2) is 0 Å². The molecule has 0 aliphatic carbocycles. The first-order chi connectivity index (χ1) is 6.89. The van der Waals surface area contributed by atoms with Crippen LogP contribution in [0.5, 0.6) is 0 Å². The molecule has 0 aromatic rings. The Bertz CT molecular complexity index is 158.